The Balaban J connectivity index is 0.00000484. The zero-order chi connectivity index (χ0) is 17.0. The molecule has 0 amide bonds. The molecule has 1 heterocycles. The van der Waals surface area contributed by atoms with Crippen molar-refractivity contribution in [3.8, 4) is 0 Å². The van der Waals surface area contributed by atoms with Crippen molar-refractivity contribution in [3.63, 3.8) is 0 Å². The third-order valence-electron chi connectivity index (χ3n) is 3.80. The van der Waals surface area contributed by atoms with Gasteiger partial charge in [0.1, 0.15) is 0 Å². The molecule has 9 heteroatoms. The van der Waals surface area contributed by atoms with Crippen LogP contribution in [-0.4, -0.2) is 69.0 Å². The summed E-state index contributed by atoms with van der Waals surface area (Å²) in [5, 5.41) is 3.16. The maximum atomic E-state index is 12.1. The van der Waals surface area contributed by atoms with E-state index < -0.39 is 14.6 Å². The lowest BCUT2D eigenvalue weighted by atomic mass is 10.2. The molecule has 23 heavy (non-hydrogen) atoms. The maximum absolute atomic E-state index is 12.1. The van der Waals surface area contributed by atoms with Gasteiger partial charge in [-0.3, -0.25) is 9.79 Å². The molecule has 1 N–H and O–H groups in total. The van der Waals surface area contributed by atoms with Gasteiger partial charge in [0.15, 0.2) is 15.8 Å². The number of methoxy groups -OCH3 is 1. The Hall–Kier alpha value is -0.580. The molecule has 136 valence electrons. The van der Waals surface area contributed by atoms with E-state index in [1.165, 1.54) is 7.11 Å². The molecule has 1 aliphatic rings. The van der Waals surface area contributed by atoms with Crippen molar-refractivity contribution in [1.29, 1.82) is 0 Å². The molecule has 1 saturated heterocycles. The fourth-order valence-electron chi connectivity index (χ4n) is 2.25. The highest BCUT2D eigenvalue weighted by Gasteiger charge is 2.41. The molecule has 0 aromatic carbocycles. The highest BCUT2D eigenvalue weighted by atomic mass is 127. The lowest BCUT2D eigenvalue weighted by Crippen LogP contribution is -2.57. The first-order valence-electron chi connectivity index (χ1n) is 7.48. The number of ether oxygens (including phenoxy) is 1. The van der Waals surface area contributed by atoms with E-state index in [0.717, 1.165) is 0 Å². The molecule has 0 spiro atoms. The Kier molecular flexibility index (Phi) is 8.82. The van der Waals surface area contributed by atoms with E-state index in [-0.39, 0.29) is 41.6 Å². The van der Waals surface area contributed by atoms with Crippen molar-refractivity contribution in [2.75, 3.05) is 39.0 Å². The summed E-state index contributed by atoms with van der Waals surface area (Å²) in [6.45, 7) is 8.94. The zero-order valence-corrected chi connectivity index (χ0v) is 17.6. The molecule has 1 fully saturated rings. The third-order valence-corrected chi connectivity index (χ3v) is 6.33. The number of guanidine groups is 1. The number of esters is 1. The molecule has 0 bridgehead atoms. The van der Waals surface area contributed by atoms with E-state index in [2.05, 4.69) is 15.0 Å². The first kappa shape index (κ1) is 22.4. The quantitative estimate of drug-likeness (QED) is 0.290. The molecule has 0 aliphatic carbocycles. The maximum Gasteiger partial charge on any atom is 0.310 e. The average Bonchev–Trinajstić information content (AvgIpc) is 2.45. The van der Waals surface area contributed by atoms with E-state index in [9.17, 15) is 13.2 Å². The van der Waals surface area contributed by atoms with E-state index >= 15 is 0 Å². The van der Waals surface area contributed by atoms with Gasteiger partial charge in [-0.2, -0.15) is 0 Å². The van der Waals surface area contributed by atoms with Crippen LogP contribution in [0.25, 0.3) is 0 Å². The van der Waals surface area contributed by atoms with Crippen LogP contribution in [0.2, 0.25) is 0 Å². The van der Waals surface area contributed by atoms with Crippen molar-refractivity contribution in [2.24, 2.45) is 10.9 Å². The predicted octanol–water partition coefficient (Wildman–Crippen LogP) is 0.888. The first-order valence-corrected chi connectivity index (χ1v) is 9.13. The SMILES string of the molecule is CCNC(=NCC(C)C(=O)OC)N1CCS(=O)(=O)C(C)(C)C1.I. The molecular weight excluding hydrogens is 433 g/mol. The van der Waals surface area contributed by atoms with Crippen LogP contribution in [-0.2, 0) is 19.4 Å². The number of nitrogens with zero attached hydrogens (tertiary/aromatic N) is 2. The summed E-state index contributed by atoms with van der Waals surface area (Å²) >= 11 is 0. The van der Waals surface area contributed by atoms with Gasteiger partial charge in [-0.05, 0) is 20.8 Å². The van der Waals surface area contributed by atoms with E-state index in [1.807, 2.05) is 11.8 Å². The third kappa shape index (κ3) is 5.77. The Labute approximate surface area is 156 Å². The summed E-state index contributed by atoms with van der Waals surface area (Å²) in [6.07, 6.45) is 0. The summed E-state index contributed by atoms with van der Waals surface area (Å²) in [6, 6.07) is 0. The average molecular weight is 461 g/mol. The van der Waals surface area contributed by atoms with Gasteiger partial charge in [-0.1, -0.05) is 6.92 Å². The Morgan fingerprint density at radius 2 is 2.04 bits per heavy atom. The van der Waals surface area contributed by atoms with Gasteiger partial charge >= 0.3 is 5.97 Å². The van der Waals surface area contributed by atoms with E-state index in [1.54, 1.807) is 20.8 Å². The highest BCUT2D eigenvalue weighted by Crippen LogP contribution is 2.23. The van der Waals surface area contributed by atoms with Gasteiger partial charge in [0.25, 0.3) is 0 Å². The second-order valence-electron chi connectivity index (χ2n) is 6.12. The van der Waals surface area contributed by atoms with Crippen LogP contribution in [0.3, 0.4) is 0 Å². The van der Waals surface area contributed by atoms with Crippen molar-refractivity contribution in [1.82, 2.24) is 10.2 Å². The molecule has 7 nitrogen and oxygen atoms in total. The first-order chi connectivity index (χ1) is 10.1. The van der Waals surface area contributed by atoms with Crippen molar-refractivity contribution in [3.05, 3.63) is 0 Å². The van der Waals surface area contributed by atoms with Crippen LogP contribution in [0.1, 0.15) is 27.7 Å². The van der Waals surface area contributed by atoms with Gasteiger partial charge < -0.3 is 15.0 Å². The summed E-state index contributed by atoms with van der Waals surface area (Å²) in [4.78, 5) is 17.8. The fourth-order valence-corrected chi connectivity index (χ4v) is 3.62. The largest absolute Gasteiger partial charge is 0.469 e. The van der Waals surface area contributed by atoms with Crippen LogP contribution in [0.15, 0.2) is 4.99 Å². The number of carbonyl (C=O) groups is 1. The van der Waals surface area contributed by atoms with Gasteiger partial charge in [0.2, 0.25) is 0 Å². The molecule has 1 atom stereocenters. The number of halogens is 1. The van der Waals surface area contributed by atoms with Gasteiger partial charge in [0.05, 0.1) is 30.1 Å². The number of aliphatic imine (C=N–C) groups is 1. The lowest BCUT2D eigenvalue weighted by Gasteiger charge is -2.39. The molecule has 0 aromatic heterocycles. The van der Waals surface area contributed by atoms with Crippen LogP contribution in [0.4, 0.5) is 0 Å². The Bertz CT molecular complexity index is 534. The van der Waals surface area contributed by atoms with Gasteiger partial charge in [-0.15, -0.1) is 24.0 Å². The predicted molar refractivity (Wildman–Crippen MR) is 102 cm³/mol. The standard InChI is InChI=1S/C14H27N3O4S.HI/c1-6-15-13(16-9-11(2)12(18)21-5)17-7-8-22(19,20)14(3,4)10-17;/h11H,6-10H2,1-5H3,(H,15,16);1H. The Morgan fingerprint density at radius 3 is 2.52 bits per heavy atom. The number of rotatable bonds is 4. The molecule has 0 saturated carbocycles. The smallest absolute Gasteiger partial charge is 0.310 e. The van der Waals surface area contributed by atoms with Gasteiger partial charge in [-0.25, -0.2) is 8.42 Å². The molecule has 1 unspecified atom stereocenters. The molecule has 1 rings (SSSR count). The fraction of sp³-hybridized carbons (Fsp3) is 0.857. The normalized spacial score (nSPS) is 21.1. The Morgan fingerprint density at radius 1 is 1.43 bits per heavy atom. The number of hydrogen-bond donors (Lipinski definition) is 1. The molecule has 0 aromatic rings. The molecule has 1 aliphatic heterocycles. The number of hydrogen-bond acceptors (Lipinski definition) is 5. The lowest BCUT2D eigenvalue weighted by molar-refractivity contribution is -0.144. The highest BCUT2D eigenvalue weighted by molar-refractivity contribution is 14.0. The van der Waals surface area contributed by atoms with Crippen molar-refractivity contribution >= 4 is 45.7 Å². The molecular formula is C14H28IN3O4S. The van der Waals surface area contributed by atoms with Crippen LogP contribution in [0, 0.1) is 5.92 Å². The van der Waals surface area contributed by atoms with Crippen LogP contribution >= 0.6 is 24.0 Å². The molecule has 0 radical (unpaired) electrons. The number of carbonyl (C=O) groups excluding carboxylic acids is 1. The minimum absolute atomic E-state index is 0. The summed E-state index contributed by atoms with van der Waals surface area (Å²) in [5.41, 5.74) is 0. The van der Waals surface area contributed by atoms with Crippen LogP contribution < -0.4 is 5.32 Å². The minimum atomic E-state index is -3.09. The minimum Gasteiger partial charge on any atom is -0.469 e. The second-order valence-corrected chi connectivity index (χ2v) is 8.86. The van der Waals surface area contributed by atoms with E-state index in [0.29, 0.717) is 32.1 Å². The van der Waals surface area contributed by atoms with Gasteiger partial charge in [0, 0.05) is 19.6 Å². The number of sulfone groups is 1. The summed E-state index contributed by atoms with van der Waals surface area (Å²) < 4.78 is 28.0. The summed E-state index contributed by atoms with van der Waals surface area (Å²) in [7, 11) is -1.74. The topological polar surface area (TPSA) is 88.1 Å². The second kappa shape index (κ2) is 9.05. The summed E-state index contributed by atoms with van der Waals surface area (Å²) in [5.74, 6) is 0.110. The van der Waals surface area contributed by atoms with Crippen molar-refractivity contribution < 1.29 is 17.9 Å². The van der Waals surface area contributed by atoms with Crippen molar-refractivity contribution in [2.45, 2.75) is 32.4 Å². The zero-order valence-electron chi connectivity index (χ0n) is 14.5. The monoisotopic (exact) mass is 461 g/mol. The number of nitrogens with one attached hydrogen (secondary N) is 1. The van der Waals surface area contributed by atoms with E-state index in [4.69, 9.17) is 0 Å². The van der Waals surface area contributed by atoms with Crippen LogP contribution in [0.5, 0.6) is 0 Å².